The van der Waals surface area contributed by atoms with Crippen LogP contribution >= 0.6 is 27.5 Å². The Labute approximate surface area is 85.2 Å². The third-order valence-electron chi connectivity index (χ3n) is 1.31. The lowest BCUT2D eigenvalue weighted by molar-refractivity contribution is 1.37. The molecule has 0 unspecified atom stereocenters. The molecule has 0 radical (unpaired) electrons. The molecule has 0 bridgehead atoms. The van der Waals surface area contributed by atoms with E-state index in [0.717, 1.165) is 10.2 Å². The Kier molecular flexibility index (Phi) is 3.46. The quantitative estimate of drug-likeness (QED) is 0.788. The van der Waals surface area contributed by atoms with Gasteiger partial charge in [-0.15, -0.1) is 6.42 Å². The summed E-state index contributed by atoms with van der Waals surface area (Å²) < 4.78 is 0.960. The first-order valence-corrected chi connectivity index (χ1v) is 4.53. The molecular weight excluding hydrogens is 237 g/mol. The highest BCUT2D eigenvalue weighted by Gasteiger charge is 1.97. The fraction of sp³-hybridized carbons (Fsp3) is 0.111. The third-order valence-corrected chi connectivity index (χ3v) is 2.24. The molecule has 0 aromatic heterocycles. The number of terminal acetylenes is 1. The van der Waals surface area contributed by atoms with E-state index < -0.39 is 0 Å². The van der Waals surface area contributed by atoms with Gasteiger partial charge in [0.05, 0.1) is 12.2 Å². The molecule has 1 aromatic carbocycles. The van der Waals surface area contributed by atoms with Gasteiger partial charge in [0.15, 0.2) is 0 Å². The summed E-state index contributed by atoms with van der Waals surface area (Å²) in [6, 6.07) is 5.51. The molecule has 0 amide bonds. The van der Waals surface area contributed by atoms with Gasteiger partial charge in [0.1, 0.15) is 0 Å². The van der Waals surface area contributed by atoms with E-state index in [1.54, 1.807) is 0 Å². The maximum atomic E-state index is 5.78. The van der Waals surface area contributed by atoms with Crippen molar-refractivity contribution in [3.8, 4) is 12.3 Å². The molecule has 62 valence electrons. The molecule has 12 heavy (non-hydrogen) atoms. The van der Waals surface area contributed by atoms with Crippen LogP contribution in [0.1, 0.15) is 0 Å². The van der Waals surface area contributed by atoms with Crippen LogP contribution in [0.2, 0.25) is 5.02 Å². The Balaban J connectivity index is 2.84. The maximum Gasteiger partial charge on any atom is 0.0763 e. The molecule has 0 fully saturated rings. The molecule has 1 N–H and O–H groups in total. The fourth-order valence-corrected chi connectivity index (χ4v) is 1.34. The van der Waals surface area contributed by atoms with Crippen molar-refractivity contribution >= 4 is 33.2 Å². The normalized spacial score (nSPS) is 9.08. The number of benzene rings is 1. The van der Waals surface area contributed by atoms with E-state index in [9.17, 15) is 0 Å². The van der Waals surface area contributed by atoms with Crippen molar-refractivity contribution in [3.05, 3.63) is 27.7 Å². The zero-order valence-electron chi connectivity index (χ0n) is 6.27. The van der Waals surface area contributed by atoms with Crippen molar-refractivity contribution in [1.82, 2.24) is 0 Å². The minimum Gasteiger partial charge on any atom is -0.373 e. The standard InChI is InChI=1S/C9H7BrClN/c1-2-5-12-9-6-7(11)3-4-8(9)10/h1,3-4,6,12H,5H2. The van der Waals surface area contributed by atoms with E-state index in [0.29, 0.717) is 11.6 Å². The molecule has 0 aliphatic heterocycles. The Morgan fingerprint density at radius 2 is 2.33 bits per heavy atom. The van der Waals surface area contributed by atoms with Gasteiger partial charge < -0.3 is 5.32 Å². The van der Waals surface area contributed by atoms with Gasteiger partial charge in [0, 0.05) is 9.50 Å². The van der Waals surface area contributed by atoms with Gasteiger partial charge in [-0.05, 0) is 34.1 Å². The van der Waals surface area contributed by atoms with Crippen molar-refractivity contribution in [2.45, 2.75) is 0 Å². The van der Waals surface area contributed by atoms with Crippen LogP contribution < -0.4 is 5.32 Å². The monoisotopic (exact) mass is 243 g/mol. The molecule has 1 nitrogen and oxygen atoms in total. The SMILES string of the molecule is C#CCNc1cc(Cl)ccc1Br. The van der Waals surface area contributed by atoms with Crippen molar-refractivity contribution in [2.75, 3.05) is 11.9 Å². The van der Waals surface area contributed by atoms with Gasteiger partial charge in [0.25, 0.3) is 0 Å². The topological polar surface area (TPSA) is 12.0 Å². The average Bonchev–Trinajstić information content (AvgIpc) is 2.07. The molecule has 0 atom stereocenters. The largest absolute Gasteiger partial charge is 0.373 e. The van der Waals surface area contributed by atoms with Crippen molar-refractivity contribution in [2.24, 2.45) is 0 Å². The van der Waals surface area contributed by atoms with E-state index in [2.05, 4.69) is 27.2 Å². The predicted octanol–water partition coefficient (Wildman–Crippen LogP) is 3.15. The maximum absolute atomic E-state index is 5.78. The van der Waals surface area contributed by atoms with Crippen LogP contribution in [0.3, 0.4) is 0 Å². The second kappa shape index (κ2) is 4.39. The summed E-state index contributed by atoms with van der Waals surface area (Å²) >= 11 is 9.15. The van der Waals surface area contributed by atoms with Gasteiger partial charge in [-0.25, -0.2) is 0 Å². The van der Waals surface area contributed by atoms with Gasteiger partial charge in [0.2, 0.25) is 0 Å². The fourth-order valence-electron chi connectivity index (χ4n) is 0.779. The summed E-state index contributed by atoms with van der Waals surface area (Å²) in [4.78, 5) is 0. The first-order valence-electron chi connectivity index (χ1n) is 3.36. The van der Waals surface area contributed by atoms with Crippen molar-refractivity contribution < 1.29 is 0 Å². The molecule has 0 saturated carbocycles. The number of rotatable bonds is 2. The zero-order chi connectivity index (χ0) is 8.97. The molecule has 0 aliphatic carbocycles. The number of halogens is 2. The Morgan fingerprint density at radius 1 is 1.58 bits per heavy atom. The van der Waals surface area contributed by atoms with E-state index in [1.165, 1.54) is 0 Å². The first-order chi connectivity index (χ1) is 5.74. The summed E-state index contributed by atoms with van der Waals surface area (Å²) in [5.41, 5.74) is 0.917. The smallest absolute Gasteiger partial charge is 0.0763 e. The molecular formula is C9H7BrClN. The lowest BCUT2D eigenvalue weighted by atomic mass is 10.3. The summed E-state index contributed by atoms with van der Waals surface area (Å²) in [7, 11) is 0. The second-order valence-electron chi connectivity index (χ2n) is 2.18. The highest BCUT2D eigenvalue weighted by atomic mass is 79.9. The molecule has 0 aliphatic rings. The minimum absolute atomic E-state index is 0.499. The summed E-state index contributed by atoms with van der Waals surface area (Å²) in [6.45, 7) is 0.499. The average molecular weight is 245 g/mol. The van der Waals surface area contributed by atoms with Crippen molar-refractivity contribution in [1.29, 1.82) is 0 Å². The second-order valence-corrected chi connectivity index (χ2v) is 3.47. The van der Waals surface area contributed by atoms with Crippen LogP contribution in [0.25, 0.3) is 0 Å². The van der Waals surface area contributed by atoms with Crippen LogP contribution in [0, 0.1) is 12.3 Å². The highest BCUT2D eigenvalue weighted by Crippen LogP contribution is 2.25. The Hall–Kier alpha value is -0.650. The molecule has 1 aromatic rings. The van der Waals surface area contributed by atoms with Crippen LogP contribution in [0.5, 0.6) is 0 Å². The first kappa shape index (κ1) is 9.44. The zero-order valence-corrected chi connectivity index (χ0v) is 8.61. The Bertz CT molecular complexity index is 317. The van der Waals surface area contributed by atoms with E-state index in [4.69, 9.17) is 18.0 Å². The predicted molar refractivity (Wildman–Crippen MR) is 56.5 cm³/mol. The van der Waals surface area contributed by atoms with Crippen molar-refractivity contribution in [3.63, 3.8) is 0 Å². The summed E-state index contributed by atoms with van der Waals surface area (Å²) in [5.74, 6) is 2.49. The molecule has 3 heteroatoms. The van der Waals surface area contributed by atoms with Crippen LogP contribution in [-0.2, 0) is 0 Å². The van der Waals surface area contributed by atoms with Gasteiger partial charge in [-0.3, -0.25) is 0 Å². The molecule has 0 saturated heterocycles. The van der Waals surface area contributed by atoms with Crippen LogP contribution in [0.4, 0.5) is 5.69 Å². The lowest BCUT2D eigenvalue weighted by Crippen LogP contribution is -1.98. The summed E-state index contributed by atoms with van der Waals surface area (Å²) in [5, 5.41) is 3.73. The minimum atomic E-state index is 0.499. The molecule has 0 heterocycles. The highest BCUT2D eigenvalue weighted by molar-refractivity contribution is 9.10. The summed E-state index contributed by atoms with van der Waals surface area (Å²) in [6.07, 6.45) is 5.10. The van der Waals surface area contributed by atoms with E-state index in [-0.39, 0.29) is 0 Å². The number of hydrogen-bond acceptors (Lipinski definition) is 1. The lowest BCUT2D eigenvalue weighted by Gasteiger charge is -2.04. The van der Waals surface area contributed by atoms with Crippen LogP contribution in [0.15, 0.2) is 22.7 Å². The van der Waals surface area contributed by atoms with Gasteiger partial charge in [-0.1, -0.05) is 17.5 Å². The molecule has 1 rings (SSSR count). The number of anilines is 1. The van der Waals surface area contributed by atoms with Gasteiger partial charge in [-0.2, -0.15) is 0 Å². The number of hydrogen-bond donors (Lipinski definition) is 1. The Morgan fingerprint density at radius 3 is 3.00 bits per heavy atom. The third kappa shape index (κ3) is 2.44. The molecule has 0 spiro atoms. The van der Waals surface area contributed by atoms with E-state index in [1.807, 2.05) is 18.2 Å². The number of nitrogens with one attached hydrogen (secondary N) is 1. The van der Waals surface area contributed by atoms with Gasteiger partial charge >= 0.3 is 0 Å². The van der Waals surface area contributed by atoms with Crippen LogP contribution in [-0.4, -0.2) is 6.54 Å². The van der Waals surface area contributed by atoms with E-state index >= 15 is 0 Å².